The van der Waals surface area contributed by atoms with E-state index in [1.54, 1.807) is 23.8 Å². The summed E-state index contributed by atoms with van der Waals surface area (Å²) < 4.78 is 40.9. The Hall–Kier alpha value is -3.44. The van der Waals surface area contributed by atoms with Crippen molar-refractivity contribution in [2.75, 3.05) is 99.5 Å². The van der Waals surface area contributed by atoms with Gasteiger partial charge in [0.05, 0.1) is 85.9 Å². The van der Waals surface area contributed by atoms with E-state index in [0.29, 0.717) is 140 Å². The second-order valence-electron chi connectivity index (χ2n) is 14.6. The molecule has 2 N–H and O–H groups in total. The van der Waals surface area contributed by atoms with Gasteiger partial charge in [0.1, 0.15) is 11.3 Å². The van der Waals surface area contributed by atoms with Crippen molar-refractivity contribution in [2.45, 2.75) is 77.3 Å². The summed E-state index contributed by atoms with van der Waals surface area (Å²) in [5.74, 6) is 1.01. The molecule has 3 aromatic rings. The lowest BCUT2D eigenvalue weighted by molar-refractivity contribution is -0.0189. The maximum absolute atomic E-state index is 13.9. The van der Waals surface area contributed by atoms with Crippen LogP contribution in [0.2, 0.25) is 0 Å². The summed E-state index contributed by atoms with van der Waals surface area (Å²) in [6.07, 6.45) is 11.3. The number of benzene rings is 1. The first-order chi connectivity index (χ1) is 27.5. The second-order valence-corrected chi connectivity index (χ2v) is 14.6. The molecule has 0 aliphatic heterocycles. The number of nitrogens with zero attached hydrogens (tertiary/aromatic N) is 3. The van der Waals surface area contributed by atoms with Gasteiger partial charge < -0.3 is 43.5 Å². The van der Waals surface area contributed by atoms with Crippen LogP contribution in [0, 0.1) is 11.8 Å². The van der Waals surface area contributed by atoms with Crippen molar-refractivity contribution in [3.63, 3.8) is 0 Å². The minimum atomic E-state index is -0.305. The second kappa shape index (κ2) is 25.0. The molecule has 0 saturated heterocycles. The third-order valence-electron chi connectivity index (χ3n) is 10.4. The summed E-state index contributed by atoms with van der Waals surface area (Å²) in [5.41, 5.74) is 1.44. The first-order valence-corrected chi connectivity index (χ1v) is 20.6. The Bertz CT molecular complexity index is 1680. The lowest BCUT2D eigenvalue weighted by Gasteiger charge is -2.24. The van der Waals surface area contributed by atoms with Gasteiger partial charge in [-0.3, -0.25) is 18.7 Å². The number of fused-ring (bicyclic) bond motifs is 1. The van der Waals surface area contributed by atoms with Gasteiger partial charge in [-0.1, -0.05) is 50.7 Å². The molecule has 15 nitrogen and oxygen atoms in total. The molecular formula is C41H63N5O10. The maximum Gasteiger partial charge on any atom is 0.332 e. The lowest BCUT2D eigenvalue weighted by Crippen LogP contribution is -2.42. The molecule has 2 aliphatic carbocycles. The van der Waals surface area contributed by atoms with Crippen LogP contribution in [0.3, 0.4) is 0 Å². The highest BCUT2D eigenvalue weighted by Crippen LogP contribution is 2.27. The fourth-order valence-electron chi connectivity index (χ4n) is 7.35. The third-order valence-corrected chi connectivity index (χ3v) is 10.4. The smallest absolute Gasteiger partial charge is 0.332 e. The minimum absolute atomic E-state index is 0.218. The highest BCUT2D eigenvalue weighted by Gasteiger charge is 2.24. The van der Waals surface area contributed by atoms with E-state index in [2.05, 4.69) is 10.3 Å². The van der Waals surface area contributed by atoms with Crippen molar-refractivity contribution in [1.82, 2.24) is 24.4 Å². The molecule has 2 aromatic heterocycles. The van der Waals surface area contributed by atoms with Gasteiger partial charge >= 0.3 is 5.69 Å². The average Bonchev–Trinajstić information content (AvgIpc) is 3.68. The number of nitrogens with one attached hydrogen (secondary N) is 2. The highest BCUT2D eigenvalue weighted by molar-refractivity contribution is 5.94. The van der Waals surface area contributed by atoms with E-state index < -0.39 is 0 Å². The molecular weight excluding hydrogens is 722 g/mol. The predicted octanol–water partition coefficient (Wildman–Crippen LogP) is 4.19. The van der Waals surface area contributed by atoms with E-state index in [9.17, 15) is 14.4 Å². The van der Waals surface area contributed by atoms with Gasteiger partial charge in [-0.15, -0.1) is 0 Å². The number of carbonyl (C=O) groups is 1. The molecule has 0 unspecified atom stereocenters. The van der Waals surface area contributed by atoms with E-state index in [0.717, 1.165) is 44.1 Å². The number of carbonyl (C=O) groups excluding carboxylic acids is 1. The number of hydrogen-bond donors (Lipinski definition) is 2. The molecule has 1 aromatic carbocycles. The normalized spacial score (nSPS) is 15.5. The van der Waals surface area contributed by atoms with Crippen molar-refractivity contribution in [1.29, 1.82) is 0 Å². The van der Waals surface area contributed by atoms with E-state index in [1.165, 1.54) is 30.3 Å². The molecule has 2 fully saturated rings. The van der Waals surface area contributed by atoms with Gasteiger partial charge in [0.15, 0.2) is 5.65 Å². The number of amides is 1. The van der Waals surface area contributed by atoms with Crippen LogP contribution in [0.1, 0.15) is 74.6 Å². The summed E-state index contributed by atoms with van der Waals surface area (Å²) in [5, 5.41) is 2.88. The number of ether oxygens (including phenoxy) is 7. The fraction of sp³-hybridized carbons (Fsp3) is 0.707. The molecule has 0 radical (unpaired) electrons. The molecule has 0 bridgehead atoms. The van der Waals surface area contributed by atoms with Crippen LogP contribution in [0.25, 0.3) is 22.6 Å². The Balaban J connectivity index is 0.989. The Kier molecular flexibility index (Phi) is 19.5. The van der Waals surface area contributed by atoms with Crippen LogP contribution in [0.15, 0.2) is 33.9 Å². The van der Waals surface area contributed by atoms with Crippen LogP contribution < -0.4 is 16.6 Å². The van der Waals surface area contributed by atoms with Crippen molar-refractivity contribution >= 4 is 17.1 Å². The van der Waals surface area contributed by atoms with Gasteiger partial charge in [-0.05, 0) is 49.7 Å². The summed E-state index contributed by atoms with van der Waals surface area (Å²) in [6, 6.07) is 7.08. The number of rotatable bonds is 27. The van der Waals surface area contributed by atoms with Gasteiger partial charge in [0, 0.05) is 37.9 Å². The first-order valence-electron chi connectivity index (χ1n) is 20.6. The minimum Gasteiger partial charge on any atom is -0.382 e. The van der Waals surface area contributed by atoms with Gasteiger partial charge in [0.25, 0.3) is 11.5 Å². The van der Waals surface area contributed by atoms with Crippen LogP contribution in [-0.2, 0) is 46.2 Å². The van der Waals surface area contributed by atoms with E-state index in [1.807, 2.05) is 12.1 Å². The molecule has 5 rings (SSSR count). The predicted molar refractivity (Wildman–Crippen MR) is 212 cm³/mol. The zero-order valence-corrected chi connectivity index (χ0v) is 33.3. The van der Waals surface area contributed by atoms with Crippen LogP contribution in [0.4, 0.5) is 0 Å². The molecule has 1 amide bonds. The molecule has 56 heavy (non-hydrogen) atoms. The zero-order chi connectivity index (χ0) is 39.2. The van der Waals surface area contributed by atoms with Crippen molar-refractivity contribution in [3.8, 4) is 11.4 Å². The quantitative estimate of drug-likeness (QED) is 0.107. The van der Waals surface area contributed by atoms with Gasteiger partial charge in [-0.2, -0.15) is 0 Å². The summed E-state index contributed by atoms with van der Waals surface area (Å²) >= 11 is 0. The molecule has 15 heteroatoms. The Labute approximate surface area is 329 Å². The van der Waals surface area contributed by atoms with Crippen molar-refractivity contribution in [2.24, 2.45) is 11.8 Å². The molecule has 0 spiro atoms. The molecule has 2 saturated carbocycles. The zero-order valence-electron chi connectivity index (χ0n) is 33.3. The SMILES string of the molecule is COCCOCCOCCOCCOCCOCCOCCNC(=O)c1ccc(-c2nc3c([nH]2)c(=O)n(CC2CCCCC2)c(=O)n3CC2CCCCC2)cc1. The molecule has 0 atom stereocenters. The Morgan fingerprint density at radius 1 is 0.661 bits per heavy atom. The Morgan fingerprint density at radius 3 is 1.62 bits per heavy atom. The lowest BCUT2D eigenvalue weighted by atomic mass is 9.89. The largest absolute Gasteiger partial charge is 0.382 e. The van der Waals surface area contributed by atoms with Crippen molar-refractivity contribution in [3.05, 3.63) is 50.7 Å². The maximum atomic E-state index is 13.9. The summed E-state index contributed by atoms with van der Waals surface area (Å²) in [7, 11) is 1.64. The number of methoxy groups -OCH3 is 1. The molecule has 312 valence electrons. The van der Waals surface area contributed by atoms with E-state index in [4.69, 9.17) is 38.1 Å². The molecule has 2 heterocycles. The Morgan fingerprint density at radius 2 is 1.12 bits per heavy atom. The average molecular weight is 786 g/mol. The number of aromatic amines is 1. The van der Waals surface area contributed by atoms with E-state index >= 15 is 0 Å². The van der Waals surface area contributed by atoms with Gasteiger partial charge in [0.2, 0.25) is 0 Å². The van der Waals surface area contributed by atoms with Crippen LogP contribution >= 0.6 is 0 Å². The summed E-state index contributed by atoms with van der Waals surface area (Å²) in [4.78, 5) is 48.5. The van der Waals surface area contributed by atoms with Crippen LogP contribution in [-0.4, -0.2) is 125 Å². The first kappa shape index (κ1) is 43.7. The number of aromatic nitrogens is 4. The van der Waals surface area contributed by atoms with Crippen LogP contribution in [0.5, 0.6) is 0 Å². The standard InChI is InChI=1S/C41H63N5O10/c1-50-18-19-52-22-23-54-26-27-56-29-28-55-25-24-53-21-20-51-17-16-42-39(47)35-14-12-34(13-15-35)37-43-36-38(44-37)45(30-32-8-4-2-5-9-32)41(49)46(40(36)48)31-33-10-6-3-7-11-33/h12-15,32-33H,2-11,16-31H2,1H3,(H,42,47)(H,43,44). The van der Waals surface area contributed by atoms with E-state index in [-0.39, 0.29) is 17.2 Å². The third kappa shape index (κ3) is 14.2. The topological polar surface area (TPSA) is 166 Å². The highest BCUT2D eigenvalue weighted by atomic mass is 16.6. The van der Waals surface area contributed by atoms with Crippen molar-refractivity contribution < 1.29 is 38.0 Å². The number of hydrogen-bond acceptors (Lipinski definition) is 11. The summed E-state index contributed by atoms with van der Waals surface area (Å²) in [6.45, 7) is 7.67. The molecule has 2 aliphatic rings. The number of H-pyrrole nitrogens is 1. The fourth-order valence-corrected chi connectivity index (χ4v) is 7.35. The van der Waals surface area contributed by atoms with Gasteiger partial charge in [-0.25, -0.2) is 9.78 Å². The monoisotopic (exact) mass is 785 g/mol. The number of imidazole rings is 1.